The second-order valence-corrected chi connectivity index (χ2v) is 7.27. The summed E-state index contributed by atoms with van der Waals surface area (Å²) in [4.78, 5) is 0. The van der Waals surface area contributed by atoms with Crippen LogP contribution >= 0.6 is 11.6 Å². The van der Waals surface area contributed by atoms with Gasteiger partial charge in [0.1, 0.15) is 5.75 Å². The third kappa shape index (κ3) is 4.42. The van der Waals surface area contributed by atoms with Crippen molar-refractivity contribution in [1.29, 1.82) is 0 Å². The van der Waals surface area contributed by atoms with Gasteiger partial charge in [0.05, 0.1) is 11.6 Å². The van der Waals surface area contributed by atoms with Crippen LogP contribution in [-0.2, 0) is 4.74 Å². The summed E-state index contributed by atoms with van der Waals surface area (Å²) in [7, 11) is 1.70. The molecule has 128 valence electrons. The van der Waals surface area contributed by atoms with E-state index in [0.717, 1.165) is 18.6 Å². The zero-order chi connectivity index (χ0) is 16.9. The van der Waals surface area contributed by atoms with Crippen LogP contribution in [-0.4, -0.2) is 26.4 Å². The van der Waals surface area contributed by atoms with Gasteiger partial charge in [-0.15, -0.1) is 0 Å². The molecule has 0 spiro atoms. The van der Waals surface area contributed by atoms with Gasteiger partial charge in [-0.3, -0.25) is 0 Å². The summed E-state index contributed by atoms with van der Waals surface area (Å²) in [5, 5.41) is 4.11. The molecule has 1 aliphatic carbocycles. The number of ether oxygens (including phenoxy) is 2. The first-order chi connectivity index (χ1) is 11.0. The lowest BCUT2D eigenvalue weighted by Gasteiger charge is -2.31. The van der Waals surface area contributed by atoms with Crippen LogP contribution in [0.15, 0.2) is 31.0 Å². The van der Waals surface area contributed by atoms with Gasteiger partial charge in [0, 0.05) is 32.1 Å². The molecule has 2 unspecified atom stereocenters. The first kappa shape index (κ1) is 18.2. The van der Waals surface area contributed by atoms with E-state index in [1.807, 2.05) is 12.3 Å². The van der Waals surface area contributed by atoms with Gasteiger partial charge < -0.3 is 14.8 Å². The Kier molecular flexibility index (Phi) is 6.37. The maximum atomic E-state index is 6.28. The van der Waals surface area contributed by atoms with Crippen molar-refractivity contribution in [3.63, 3.8) is 0 Å². The number of methoxy groups -OCH3 is 1. The molecule has 3 nitrogen and oxygen atoms in total. The highest BCUT2D eigenvalue weighted by Gasteiger charge is 2.42. The van der Waals surface area contributed by atoms with E-state index in [9.17, 15) is 0 Å². The normalized spacial score (nSPS) is 22.8. The van der Waals surface area contributed by atoms with Gasteiger partial charge in [-0.25, -0.2) is 0 Å². The van der Waals surface area contributed by atoms with E-state index in [4.69, 9.17) is 21.1 Å². The highest BCUT2D eigenvalue weighted by molar-refractivity contribution is 6.32. The fourth-order valence-corrected chi connectivity index (χ4v) is 3.64. The summed E-state index contributed by atoms with van der Waals surface area (Å²) in [5.41, 5.74) is 1.53. The molecular weight excluding hydrogens is 310 g/mol. The van der Waals surface area contributed by atoms with E-state index in [1.165, 1.54) is 12.0 Å². The van der Waals surface area contributed by atoms with E-state index >= 15 is 0 Å². The van der Waals surface area contributed by atoms with Crippen molar-refractivity contribution < 1.29 is 9.47 Å². The summed E-state index contributed by atoms with van der Waals surface area (Å²) < 4.78 is 10.9. The second-order valence-electron chi connectivity index (χ2n) is 6.87. The first-order valence-electron chi connectivity index (χ1n) is 8.27. The van der Waals surface area contributed by atoms with Crippen molar-refractivity contribution in [3.05, 3.63) is 41.6 Å². The Morgan fingerprint density at radius 1 is 1.39 bits per heavy atom. The molecule has 1 saturated carbocycles. The van der Waals surface area contributed by atoms with E-state index in [2.05, 4.69) is 37.9 Å². The lowest BCUT2D eigenvalue weighted by molar-refractivity contribution is 0.172. The van der Waals surface area contributed by atoms with Crippen molar-refractivity contribution in [3.8, 4) is 5.75 Å². The summed E-state index contributed by atoms with van der Waals surface area (Å²) in [6.07, 6.45) is 5.01. The van der Waals surface area contributed by atoms with Gasteiger partial charge in [0.2, 0.25) is 0 Å². The van der Waals surface area contributed by atoms with Crippen LogP contribution in [0.5, 0.6) is 5.75 Å². The summed E-state index contributed by atoms with van der Waals surface area (Å²) >= 11 is 6.28. The van der Waals surface area contributed by atoms with Crippen LogP contribution in [0.3, 0.4) is 0 Å². The second kappa shape index (κ2) is 8.07. The summed E-state index contributed by atoms with van der Waals surface area (Å²) in [5.74, 6) is 1.21. The number of hydrogen-bond donors (Lipinski definition) is 1. The molecule has 0 saturated heterocycles. The predicted molar refractivity (Wildman–Crippen MR) is 96.3 cm³/mol. The average molecular weight is 338 g/mol. The maximum Gasteiger partial charge on any atom is 0.138 e. The average Bonchev–Trinajstić information content (AvgIpc) is 2.81. The van der Waals surface area contributed by atoms with Gasteiger partial charge in [0.25, 0.3) is 0 Å². The molecule has 2 atom stereocenters. The van der Waals surface area contributed by atoms with Crippen LogP contribution in [0.25, 0.3) is 0 Å². The van der Waals surface area contributed by atoms with E-state index in [-0.39, 0.29) is 5.41 Å². The van der Waals surface area contributed by atoms with Crippen molar-refractivity contribution in [2.45, 2.75) is 45.1 Å². The monoisotopic (exact) mass is 337 g/mol. The van der Waals surface area contributed by atoms with Crippen molar-refractivity contribution >= 4 is 11.6 Å². The molecule has 4 heteroatoms. The Hall–Kier alpha value is -1.19. The van der Waals surface area contributed by atoms with Gasteiger partial charge >= 0.3 is 0 Å². The molecule has 1 N–H and O–H groups in total. The van der Waals surface area contributed by atoms with Gasteiger partial charge in [-0.05, 0) is 42.2 Å². The maximum absolute atomic E-state index is 6.28. The van der Waals surface area contributed by atoms with Crippen LogP contribution < -0.4 is 10.1 Å². The lowest BCUT2D eigenvalue weighted by Crippen LogP contribution is -2.38. The Morgan fingerprint density at radius 3 is 2.87 bits per heavy atom. The lowest BCUT2D eigenvalue weighted by atomic mass is 9.82. The molecule has 0 aromatic heterocycles. The van der Waals surface area contributed by atoms with Crippen LogP contribution in [0, 0.1) is 5.41 Å². The summed E-state index contributed by atoms with van der Waals surface area (Å²) in [6, 6.07) is 6.54. The van der Waals surface area contributed by atoms with Gasteiger partial charge in [0.15, 0.2) is 0 Å². The van der Waals surface area contributed by atoms with Gasteiger partial charge in [-0.2, -0.15) is 0 Å². The topological polar surface area (TPSA) is 30.5 Å². The quantitative estimate of drug-likeness (QED) is 0.694. The molecule has 0 amide bonds. The number of benzene rings is 1. The van der Waals surface area contributed by atoms with E-state index in [1.54, 1.807) is 7.11 Å². The molecule has 1 fully saturated rings. The minimum absolute atomic E-state index is 0.248. The molecule has 0 aliphatic heterocycles. The first-order valence-corrected chi connectivity index (χ1v) is 8.65. The van der Waals surface area contributed by atoms with Crippen LogP contribution in [0.4, 0.5) is 0 Å². The van der Waals surface area contributed by atoms with Crippen LogP contribution in [0.2, 0.25) is 5.02 Å². The number of halogens is 1. The standard InChI is InChI=1S/C19H28ClNO2/c1-5-21-18-15(9-10-19(18,2)3)14-7-8-16(20)17(13-14)23-12-6-11-22-4/h5,7-8,13,15,18,21H,1,6,9-12H2,2-4H3. The molecule has 23 heavy (non-hydrogen) atoms. The smallest absolute Gasteiger partial charge is 0.138 e. The Balaban J connectivity index is 2.14. The van der Waals surface area contributed by atoms with Crippen molar-refractivity contribution in [2.24, 2.45) is 5.41 Å². The third-order valence-electron chi connectivity index (χ3n) is 4.78. The number of rotatable bonds is 8. The number of hydrogen-bond acceptors (Lipinski definition) is 3. The van der Waals surface area contributed by atoms with Crippen LogP contribution in [0.1, 0.15) is 44.6 Å². The van der Waals surface area contributed by atoms with Crippen molar-refractivity contribution in [1.82, 2.24) is 5.32 Å². The Morgan fingerprint density at radius 2 is 2.17 bits per heavy atom. The predicted octanol–water partition coefficient (Wildman–Crippen LogP) is 4.76. The molecular formula is C19H28ClNO2. The fourth-order valence-electron chi connectivity index (χ4n) is 3.47. The fraction of sp³-hybridized carbons (Fsp3) is 0.579. The minimum Gasteiger partial charge on any atom is -0.492 e. The van der Waals surface area contributed by atoms with Crippen molar-refractivity contribution in [2.75, 3.05) is 20.3 Å². The Labute approximate surface area is 145 Å². The SMILES string of the molecule is C=CNC1C(c2ccc(Cl)c(OCCCOC)c2)CCC1(C)C. The molecule has 0 heterocycles. The van der Waals surface area contributed by atoms with Gasteiger partial charge in [-0.1, -0.05) is 38.1 Å². The number of nitrogens with one attached hydrogen (secondary N) is 1. The molecule has 0 bridgehead atoms. The third-order valence-corrected chi connectivity index (χ3v) is 5.09. The molecule has 2 rings (SSSR count). The summed E-state index contributed by atoms with van der Waals surface area (Å²) in [6.45, 7) is 9.77. The Bertz CT molecular complexity index is 530. The highest BCUT2D eigenvalue weighted by Crippen LogP contribution is 2.47. The largest absolute Gasteiger partial charge is 0.492 e. The zero-order valence-electron chi connectivity index (χ0n) is 14.4. The highest BCUT2D eigenvalue weighted by atomic mass is 35.5. The molecule has 1 aromatic rings. The minimum atomic E-state index is 0.248. The molecule has 1 aromatic carbocycles. The van der Waals surface area contributed by atoms with E-state index in [0.29, 0.717) is 30.2 Å². The van der Waals surface area contributed by atoms with E-state index < -0.39 is 0 Å². The zero-order valence-corrected chi connectivity index (χ0v) is 15.2. The molecule has 0 radical (unpaired) electrons. The molecule has 1 aliphatic rings.